The Kier molecular flexibility index (Phi) is 4.36. The zero-order valence-corrected chi connectivity index (χ0v) is 15.6. The predicted octanol–water partition coefficient (Wildman–Crippen LogP) is 3.58. The van der Waals surface area contributed by atoms with Crippen LogP contribution in [0.5, 0.6) is 0 Å². The highest BCUT2D eigenvalue weighted by Gasteiger charge is 2.56. The maximum Gasteiger partial charge on any atom is 0.228 e. The van der Waals surface area contributed by atoms with Gasteiger partial charge in [-0.25, -0.2) is 0 Å². The van der Waals surface area contributed by atoms with Crippen LogP contribution in [0.3, 0.4) is 0 Å². The number of hydrogen-bond acceptors (Lipinski definition) is 2. The molecule has 4 bridgehead atoms. The van der Waals surface area contributed by atoms with Gasteiger partial charge in [-0.05, 0) is 61.8 Å². The van der Waals surface area contributed by atoms with Crippen molar-refractivity contribution in [3.8, 4) is 0 Å². The SMILES string of the molecule is Cl.N[C@@H]1CN(C(=O)C23CC4CC(CC(C4)C2)C3)C[C@H]1c1ccccc1. The van der Waals surface area contributed by atoms with E-state index < -0.39 is 0 Å². The first-order valence-corrected chi connectivity index (χ1v) is 9.73. The lowest BCUT2D eigenvalue weighted by Crippen LogP contribution is -2.54. The molecule has 1 saturated heterocycles. The van der Waals surface area contributed by atoms with E-state index in [-0.39, 0.29) is 23.9 Å². The summed E-state index contributed by atoms with van der Waals surface area (Å²) in [4.78, 5) is 15.6. The third kappa shape index (κ3) is 2.80. The minimum Gasteiger partial charge on any atom is -0.340 e. The Morgan fingerprint density at radius 2 is 1.52 bits per heavy atom. The number of nitrogens with two attached hydrogens (primary N) is 1. The van der Waals surface area contributed by atoms with Crippen LogP contribution >= 0.6 is 12.4 Å². The van der Waals surface area contributed by atoms with Gasteiger partial charge in [0.2, 0.25) is 5.91 Å². The summed E-state index contributed by atoms with van der Waals surface area (Å²) < 4.78 is 0. The monoisotopic (exact) mass is 360 g/mol. The van der Waals surface area contributed by atoms with Gasteiger partial charge in [-0.3, -0.25) is 4.79 Å². The summed E-state index contributed by atoms with van der Waals surface area (Å²) in [5.74, 6) is 3.20. The average molecular weight is 361 g/mol. The number of nitrogens with zero attached hydrogens (tertiary/aromatic N) is 1. The molecule has 1 heterocycles. The van der Waals surface area contributed by atoms with Crippen LogP contribution < -0.4 is 5.73 Å². The molecule has 0 unspecified atom stereocenters. The van der Waals surface area contributed by atoms with Crippen molar-refractivity contribution < 1.29 is 4.79 Å². The Hall–Kier alpha value is -1.06. The summed E-state index contributed by atoms with van der Waals surface area (Å²) in [6, 6.07) is 10.6. The van der Waals surface area contributed by atoms with E-state index in [2.05, 4.69) is 29.2 Å². The van der Waals surface area contributed by atoms with Gasteiger partial charge in [0, 0.05) is 25.0 Å². The second-order valence-electron chi connectivity index (χ2n) is 9.09. The summed E-state index contributed by atoms with van der Waals surface area (Å²) in [5, 5.41) is 0. The summed E-state index contributed by atoms with van der Waals surface area (Å²) >= 11 is 0. The fourth-order valence-corrected chi connectivity index (χ4v) is 6.76. The fourth-order valence-electron chi connectivity index (χ4n) is 6.76. The van der Waals surface area contributed by atoms with Crippen LogP contribution in [0.2, 0.25) is 0 Å². The molecule has 5 fully saturated rings. The van der Waals surface area contributed by atoms with Crippen molar-refractivity contribution in [1.29, 1.82) is 0 Å². The first-order valence-electron chi connectivity index (χ1n) is 9.73. The number of likely N-dealkylation sites (tertiary alicyclic amines) is 1. The molecule has 136 valence electrons. The Labute approximate surface area is 156 Å². The molecule has 4 aliphatic carbocycles. The normalized spacial score (nSPS) is 41.6. The molecular weight excluding hydrogens is 332 g/mol. The fraction of sp³-hybridized carbons (Fsp3) is 0.667. The van der Waals surface area contributed by atoms with Gasteiger partial charge in [-0.15, -0.1) is 12.4 Å². The number of carbonyl (C=O) groups is 1. The lowest BCUT2D eigenvalue weighted by atomic mass is 9.49. The smallest absolute Gasteiger partial charge is 0.228 e. The van der Waals surface area contributed by atoms with Crippen LogP contribution in [0, 0.1) is 23.2 Å². The second-order valence-corrected chi connectivity index (χ2v) is 9.09. The van der Waals surface area contributed by atoms with E-state index in [1.54, 1.807) is 0 Å². The lowest BCUT2D eigenvalue weighted by Gasteiger charge is -2.56. The Balaban J connectivity index is 0.00000157. The molecule has 4 saturated carbocycles. The standard InChI is InChI=1S/C21H28N2O.ClH/c22-19-13-23(12-18(19)17-4-2-1-3-5-17)20(24)21-9-14-6-15(10-21)8-16(7-14)11-21;/h1-5,14-16,18-19H,6-13,22H2;1H/t14?,15?,16?,18-,19+,21?;/m0./s1. The molecule has 4 heteroatoms. The van der Waals surface area contributed by atoms with E-state index in [0.717, 1.165) is 50.1 Å². The Morgan fingerprint density at radius 1 is 0.960 bits per heavy atom. The third-order valence-corrected chi connectivity index (χ3v) is 7.37. The zero-order chi connectivity index (χ0) is 16.3. The molecule has 25 heavy (non-hydrogen) atoms. The topological polar surface area (TPSA) is 46.3 Å². The summed E-state index contributed by atoms with van der Waals surface area (Å²) in [6.07, 6.45) is 7.62. The third-order valence-electron chi connectivity index (χ3n) is 7.37. The van der Waals surface area contributed by atoms with E-state index in [4.69, 9.17) is 5.73 Å². The van der Waals surface area contributed by atoms with Gasteiger partial charge in [0.05, 0.1) is 5.41 Å². The van der Waals surface area contributed by atoms with Crippen molar-refractivity contribution in [3.05, 3.63) is 35.9 Å². The first kappa shape index (κ1) is 17.4. The molecule has 1 aromatic carbocycles. The van der Waals surface area contributed by atoms with Gasteiger partial charge in [0.1, 0.15) is 0 Å². The summed E-state index contributed by atoms with van der Waals surface area (Å²) in [7, 11) is 0. The number of amides is 1. The maximum atomic E-state index is 13.5. The van der Waals surface area contributed by atoms with E-state index in [0.29, 0.717) is 11.8 Å². The van der Waals surface area contributed by atoms with Crippen molar-refractivity contribution in [2.45, 2.75) is 50.5 Å². The van der Waals surface area contributed by atoms with Gasteiger partial charge < -0.3 is 10.6 Å². The van der Waals surface area contributed by atoms with E-state index in [1.165, 1.54) is 24.8 Å². The van der Waals surface area contributed by atoms with Gasteiger partial charge in [-0.1, -0.05) is 30.3 Å². The maximum absolute atomic E-state index is 13.5. The van der Waals surface area contributed by atoms with E-state index in [9.17, 15) is 4.79 Å². The lowest BCUT2D eigenvalue weighted by molar-refractivity contribution is -0.156. The largest absolute Gasteiger partial charge is 0.340 e. The van der Waals surface area contributed by atoms with E-state index >= 15 is 0 Å². The molecular formula is C21H29ClN2O. The minimum absolute atomic E-state index is 0. The zero-order valence-electron chi connectivity index (χ0n) is 14.8. The van der Waals surface area contributed by atoms with Crippen molar-refractivity contribution in [2.24, 2.45) is 28.9 Å². The van der Waals surface area contributed by atoms with Crippen LogP contribution in [0.1, 0.15) is 50.0 Å². The van der Waals surface area contributed by atoms with Crippen LogP contribution in [-0.4, -0.2) is 29.9 Å². The minimum atomic E-state index is -0.0277. The van der Waals surface area contributed by atoms with Crippen molar-refractivity contribution in [2.75, 3.05) is 13.1 Å². The van der Waals surface area contributed by atoms with Crippen molar-refractivity contribution >= 4 is 18.3 Å². The summed E-state index contributed by atoms with van der Waals surface area (Å²) in [5.41, 5.74) is 7.69. The van der Waals surface area contributed by atoms with E-state index in [1.807, 2.05) is 6.07 Å². The average Bonchev–Trinajstić information content (AvgIpc) is 2.95. The van der Waals surface area contributed by atoms with Crippen LogP contribution in [0.4, 0.5) is 0 Å². The van der Waals surface area contributed by atoms with Gasteiger partial charge in [0.25, 0.3) is 0 Å². The number of carbonyl (C=O) groups excluding carboxylic acids is 1. The van der Waals surface area contributed by atoms with Gasteiger partial charge in [-0.2, -0.15) is 0 Å². The predicted molar refractivity (Wildman–Crippen MR) is 102 cm³/mol. The highest BCUT2D eigenvalue weighted by Crippen LogP contribution is 2.60. The van der Waals surface area contributed by atoms with Crippen molar-refractivity contribution in [3.63, 3.8) is 0 Å². The van der Waals surface area contributed by atoms with Crippen LogP contribution in [-0.2, 0) is 4.79 Å². The van der Waals surface area contributed by atoms with Crippen LogP contribution in [0.25, 0.3) is 0 Å². The molecule has 6 rings (SSSR count). The second kappa shape index (κ2) is 6.28. The first-order chi connectivity index (χ1) is 11.6. The molecule has 0 spiro atoms. The molecule has 3 nitrogen and oxygen atoms in total. The van der Waals surface area contributed by atoms with Crippen molar-refractivity contribution in [1.82, 2.24) is 4.90 Å². The molecule has 2 atom stereocenters. The highest BCUT2D eigenvalue weighted by atomic mass is 35.5. The molecule has 1 aromatic rings. The number of rotatable bonds is 2. The highest BCUT2D eigenvalue weighted by molar-refractivity contribution is 5.85. The van der Waals surface area contributed by atoms with Gasteiger partial charge in [0.15, 0.2) is 0 Å². The molecule has 0 aromatic heterocycles. The molecule has 0 radical (unpaired) electrons. The Morgan fingerprint density at radius 3 is 2.08 bits per heavy atom. The van der Waals surface area contributed by atoms with Gasteiger partial charge >= 0.3 is 0 Å². The Bertz CT molecular complexity index is 611. The molecule has 2 N–H and O–H groups in total. The number of benzene rings is 1. The summed E-state index contributed by atoms with van der Waals surface area (Å²) in [6.45, 7) is 1.55. The number of hydrogen-bond donors (Lipinski definition) is 1. The quantitative estimate of drug-likeness (QED) is 0.876. The van der Waals surface area contributed by atoms with Crippen LogP contribution in [0.15, 0.2) is 30.3 Å². The molecule has 1 amide bonds. The molecule has 5 aliphatic rings. The number of halogens is 1. The molecule has 1 aliphatic heterocycles.